The molecule has 0 atom stereocenters. The van der Waals surface area contributed by atoms with Crippen molar-refractivity contribution >= 4 is 35.1 Å². The minimum Gasteiger partial charge on any atom is -0.507 e. The molecule has 0 fully saturated rings. The molecular formula is C30H28CoN2O6S2. The van der Waals surface area contributed by atoms with Crippen LogP contribution in [0.2, 0.25) is 0 Å². The third-order valence-electron chi connectivity index (χ3n) is 6.53. The Morgan fingerprint density at radius 1 is 0.659 bits per heavy atom. The molecule has 8 nitrogen and oxygen atoms in total. The van der Waals surface area contributed by atoms with Gasteiger partial charge in [-0.1, -0.05) is 0 Å². The number of hydrogen-bond donors (Lipinski definition) is 2. The number of thiophene rings is 2. The Morgan fingerprint density at radius 3 is 1.46 bits per heavy atom. The number of hydrogen-bond acceptors (Lipinski definition) is 10. The molecule has 2 aliphatic rings. The molecule has 0 unspecified atom stereocenters. The van der Waals surface area contributed by atoms with Crippen molar-refractivity contribution in [3.8, 4) is 55.4 Å². The minimum atomic E-state index is 0. The second-order valence-electron chi connectivity index (χ2n) is 9.30. The Morgan fingerprint density at radius 2 is 1.05 bits per heavy atom. The zero-order chi connectivity index (χ0) is 27.6. The number of fused-ring (bicyclic) bond motifs is 2. The van der Waals surface area contributed by atoms with E-state index in [1.807, 2.05) is 38.1 Å². The van der Waals surface area contributed by atoms with Crippen LogP contribution in [0.5, 0.6) is 34.5 Å². The van der Waals surface area contributed by atoms with E-state index in [2.05, 4.69) is 9.98 Å². The molecule has 0 aliphatic carbocycles. The van der Waals surface area contributed by atoms with Crippen LogP contribution in [0.15, 0.2) is 46.4 Å². The fourth-order valence-electron chi connectivity index (χ4n) is 4.61. The zero-order valence-corrected chi connectivity index (χ0v) is 25.1. The third kappa shape index (κ3) is 5.94. The molecule has 11 heteroatoms. The van der Waals surface area contributed by atoms with Crippen molar-refractivity contribution < 1.29 is 45.9 Å². The quantitative estimate of drug-likeness (QED) is 0.184. The molecular weight excluding hydrogens is 607 g/mol. The first kappa shape index (κ1) is 29.0. The Bertz CT molecular complexity index is 1510. The van der Waals surface area contributed by atoms with Crippen molar-refractivity contribution in [1.29, 1.82) is 0 Å². The van der Waals surface area contributed by atoms with Crippen LogP contribution in [-0.4, -0.2) is 62.2 Å². The number of benzene rings is 2. The first-order chi connectivity index (χ1) is 19.5. The summed E-state index contributed by atoms with van der Waals surface area (Å²) in [5.41, 5.74) is 3.10. The molecule has 2 aliphatic heterocycles. The maximum Gasteiger partial charge on any atom is 0.180 e. The fraction of sp³-hybridized carbons (Fsp3) is 0.267. The molecule has 0 saturated heterocycles. The zero-order valence-electron chi connectivity index (χ0n) is 22.4. The number of aliphatic imine (C=N–C) groups is 2. The van der Waals surface area contributed by atoms with E-state index in [1.54, 1.807) is 47.2 Å². The molecule has 1 radical (unpaired) electrons. The van der Waals surface area contributed by atoms with Crippen LogP contribution in [0.1, 0.15) is 20.9 Å². The number of nitrogens with zero attached hydrogens (tertiary/aromatic N) is 2. The van der Waals surface area contributed by atoms with Crippen molar-refractivity contribution in [3.05, 3.63) is 57.3 Å². The Balaban J connectivity index is 0.00000337. The third-order valence-corrected chi connectivity index (χ3v) is 8.76. The second-order valence-corrected chi connectivity index (χ2v) is 11.8. The van der Waals surface area contributed by atoms with Gasteiger partial charge in [0.2, 0.25) is 0 Å². The van der Waals surface area contributed by atoms with E-state index in [1.165, 1.54) is 0 Å². The summed E-state index contributed by atoms with van der Waals surface area (Å²) in [6, 6.07) is 10.9. The summed E-state index contributed by atoms with van der Waals surface area (Å²) in [6.07, 6.45) is 3.31. The maximum absolute atomic E-state index is 10.4. The first-order valence-corrected chi connectivity index (χ1v) is 14.6. The van der Waals surface area contributed by atoms with Gasteiger partial charge in [-0.3, -0.25) is 9.98 Å². The van der Waals surface area contributed by atoms with Gasteiger partial charge in [-0.2, -0.15) is 0 Å². The molecule has 2 N–H and O–H groups in total. The van der Waals surface area contributed by atoms with Gasteiger partial charge < -0.3 is 29.2 Å². The van der Waals surface area contributed by atoms with Crippen molar-refractivity contribution in [2.45, 2.75) is 13.8 Å². The van der Waals surface area contributed by atoms with Gasteiger partial charge in [-0.05, 0) is 61.4 Å². The summed E-state index contributed by atoms with van der Waals surface area (Å²) in [4.78, 5) is 13.0. The number of phenols is 2. The van der Waals surface area contributed by atoms with Gasteiger partial charge in [0.25, 0.3) is 0 Å². The Hall–Kier alpha value is -3.51. The van der Waals surface area contributed by atoms with E-state index in [0.717, 1.165) is 53.6 Å². The van der Waals surface area contributed by atoms with Crippen LogP contribution in [0.4, 0.5) is 0 Å². The summed E-state index contributed by atoms with van der Waals surface area (Å²) in [6.45, 7) is 7.01. The minimum absolute atomic E-state index is 0. The number of aryl methyl sites for hydroxylation is 2. The van der Waals surface area contributed by atoms with E-state index < -0.39 is 0 Å². The molecule has 0 saturated carbocycles. The molecule has 0 spiro atoms. The fourth-order valence-corrected chi connectivity index (χ4v) is 6.69. The summed E-state index contributed by atoms with van der Waals surface area (Å²) in [5, 5.41) is 20.8. The van der Waals surface area contributed by atoms with Gasteiger partial charge in [-0.15, -0.1) is 22.7 Å². The molecule has 6 rings (SSSR count). The van der Waals surface area contributed by atoms with Crippen LogP contribution >= 0.6 is 22.7 Å². The molecule has 4 heterocycles. The standard InChI is InChI=1S/C30H28N2O6S2.Co/c1-17-25-27(37-11-9-35-25)29(39-17)19-3-5-23(33)21(13-19)15-31-7-8-32-16-22-14-20(4-6-24(22)34)30-28-26(18(2)40-30)36-10-12-38-28;/h3-6,13-16,33-34H,7-12H2,1-2H3;. The Labute approximate surface area is 256 Å². The van der Waals surface area contributed by atoms with E-state index >= 15 is 0 Å². The molecule has 215 valence electrons. The van der Waals surface area contributed by atoms with Crippen LogP contribution in [-0.2, 0) is 16.8 Å². The molecule has 0 amide bonds. The largest absolute Gasteiger partial charge is 0.507 e. The second kappa shape index (κ2) is 12.6. The van der Waals surface area contributed by atoms with Crippen molar-refractivity contribution in [3.63, 3.8) is 0 Å². The molecule has 2 aromatic heterocycles. The van der Waals surface area contributed by atoms with E-state index in [0.29, 0.717) is 50.6 Å². The summed E-state index contributed by atoms with van der Waals surface area (Å²) in [7, 11) is 0. The SMILES string of the molecule is Cc1sc(-c2ccc(O)c(C=NCCN=Cc3cc(-c4sc(C)c5c4OCCO5)ccc3O)c2)c2c1OCCO2.[Co]. The number of phenolic OH excluding ortho intramolecular Hbond substituents is 2. The predicted octanol–water partition coefficient (Wildman–Crippen LogP) is 6.25. The number of rotatable bonds is 7. The van der Waals surface area contributed by atoms with Crippen LogP contribution in [0.3, 0.4) is 0 Å². The summed E-state index contributed by atoms with van der Waals surface area (Å²) < 4.78 is 23.3. The van der Waals surface area contributed by atoms with E-state index in [9.17, 15) is 10.2 Å². The van der Waals surface area contributed by atoms with Crippen molar-refractivity contribution in [1.82, 2.24) is 0 Å². The van der Waals surface area contributed by atoms with Crippen molar-refractivity contribution in [2.75, 3.05) is 39.5 Å². The average molecular weight is 636 g/mol. The average Bonchev–Trinajstić information content (AvgIpc) is 3.49. The molecule has 0 bridgehead atoms. The number of ether oxygens (including phenoxy) is 4. The van der Waals surface area contributed by atoms with E-state index in [-0.39, 0.29) is 28.3 Å². The van der Waals surface area contributed by atoms with Crippen LogP contribution in [0, 0.1) is 13.8 Å². The van der Waals surface area contributed by atoms with Gasteiger partial charge in [0.1, 0.15) is 37.9 Å². The summed E-state index contributed by atoms with van der Waals surface area (Å²) in [5.74, 6) is 3.43. The van der Waals surface area contributed by atoms with Gasteiger partial charge >= 0.3 is 0 Å². The maximum atomic E-state index is 10.4. The van der Waals surface area contributed by atoms with Gasteiger partial charge in [-0.25, -0.2) is 0 Å². The monoisotopic (exact) mass is 635 g/mol. The normalized spacial score (nSPS) is 14.0. The number of aromatic hydroxyl groups is 2. The van der Waals surface area contributed by atoms with Crippen LogP contribution in [0.25, 0.3) is 20.9 Å². The summed E-state index contributed by atoms with van der Waals surface area (Å²) >= 11 is 3.22. The van der Waals surface area contributed by atoms with Gasteiger partial charge in [0, 0.05) is 50.1 Å². The first-order valence-electron chi connectivity index (χ1n) is 12.9. The van der Waals surface area contributed by atoms with Gasteiger partial charge in [0.15, 0.2) is 23.0 Å². The van der Waals surface area contributed by atoms with Crippen LogP contribution < -0.4 is 18.9 Å². The Kier molecular flexibility index (Phi) is 8.88. The molecule has 41 heavy (non-hydrogen) atoms. The molecule has 2 aromatic carbocycles. The smallest absolute Gasteiger partial charge is 0.180 e. The topological polar surface area (TPSA) is 102 Å². The predicted molar refractivity (Wildman–Crippen MR) is 159 cm³/mol. The van der Waals surface area contributed by atoms with E-state index in [4.69, 9.17) is 18.9 Å². The van der Waals surface area contributed by atoms with Crippen molar-refractivity contribution in [2.24, 2.45) is 9.98 Å². The molecule has 4 aromatic rings. The van der Waals surface area contributed by atoms with Gasteiger partial charge in [0.05, 0.1) is 22.8 Å².